The molecule has 27 heavy (non-hydrogen) atoms. The maximum absolute atomic E-state index is 12.9. The zero-order chi connectivity index (χ0) is 19.8. The van der Waals surface area contributed by atoms with E-state index in [-0.39, 0.29) is 17.7 Å². The first-order valence-electron chi connectivity index (χ1n) is 8.99. The number of amides is 2. The average Bonchev–Trinajstić information content (AvgIpc) is 2.70. The summed E-state index contributed by atoms with van der Waals surface area (Å²) in [6, 6.07) is 3.52. The van der Waals surface area contributed by atoms with Crippen molar-refractivity contribution in [1.29, 1.82) is 0 Å². The fraction of sp³-hybridized carbons (Fsp3) is 0.579. The fourth-order valence-corrected chi connectivity index (χ4v) is 3.77. The van der Waals surface area contributed by atoms with Crippen LogP contribution in [0.3, 0.4) is 0 Å². The molecule has 2 amide bonds. The van der Waals surface area contributed by atoms with E-state index in [1.54, 1.807) is 38.4 Å². The number of hydrogen-bond donors (Lipinski definition) is 1. The van der Waals surface area contributed by atoms with Gasteiger partial charge in [-0.15, -0.1) is 0 Å². The van der Waals surface area contributed by atoms with E-state index < -0.39 is 0 Å². The van der Waals surface area contributed by atoms with E-state index in [1.807, 2.05) is 0 Å². The molecule has 0 radical (unpaired) electrons. The molecule has 150 valence electrons. The van der Waals surface area contributed by atoms with Crippen molar-refractivity contribution in [2.24, 2.45) is 5.92 Å². The van der Waals surface area contributed by atoms with Gasteiger partial charge in [0.15, 0.2) is 11.5 Å². The predicted molar refractivity (Wildman–Crippen MR) is 110 cm³/mol. The van der Waals surface area contributed by atoms with E-state index in [1.165, 1.54) is 0 Å². The Morgan fingerprint density at radius 1 is 1.15 bits per heavy atom. The van der Waals surface area contributed by atoms with Crippen molar-refractivity contribution in [2.75, 3.05) is 47.6 Å². The summed E-state index contributed by atoms with van der Waals surface area (Å²) in [4.78, 5) is 27.0. The second-order valence-electron chi connectivity index (χ2n) is 6.39. The van der Waals surface area contributed by atoms with Crippen LogP contribution < -0.4 is 14.8 Å². The van der Waals surface area contributed by atoms with Crippen molar-refractivity contribution in [2.45, 2.75) is 19.3 Å². The van der Waals surface area contributed by atoms with E-state index in [2.05, 4.69) is 27.9 Å². The summed E-state index contributed by atoms with van der Waals surface area (Å²) in [5.41, 5.74) is 0.593. The topological polar surface area (TPSA) is 77.1 Å². The van der Waals surface area contributed by atoms with Crippen molar-refractivity contribution in [1.82, 2.24) is 10.2 Å². The average molecular weight is 490 g/mol. The van der Waals surface area contributed by atoms with Gasteiger partial charge in [-0.25, -0.2) is 0 Å². The molecule has 1 heterocycles. The molecule has 7 nitrogen and oxygen atoms in total. The number of piperidine rings is 1. The summed E-state index contributed by atoms with van der Waals surface area (Å²) in [6.07, 6.45) is 2.15. The third kappa shape index (κ3) is 5.71. The normalized spacial score (nSPS) is 14.7. The van der Waals surface area contributed by atoms with Crippen LogP contribution in [0.2, 0.25) is 0 Å². The molecule has 0 spiro atoms. The highest BCUT2D eigenvalue weighted by Crippen LogP contribution is 2.32. The SMILES string of the molecule is COCCCNC(=O)C1CCN(C(=O)c2cc(OC)c(OC)cc2I)CC1. The Labute approximate surface area is 173 Å². The van der Waals surface area contributed by atoms with E-state index in [4.69, 9.17) is 14.2 Å². The van der Waals surface area contributed by atoms with Gasteiger partial charge in [0.05, 0.1) is 19.8 Å². The number of carbonyl (C=O) groups is 2. The maximum atomic E-state index is 12.9. The lowest BCUT2D eigenvalue weighted by Gasteiger charge is -2.31. The standard InChI is InChI=1S/C19H27IN2O5/c1-25-10-4-7-21-18(23)13-5-8-22(9-6-13)19(24)14-11-16(26-2)17(27-3)12-15(14)20/h11-13H,4-10H2,1-3H3,(H,21,23). The smallest absolute Gasteiger partial charge is 0.255 e. The molecule has 0 unspecified atom stereocenters. The molecule has 1 aliphatic rings. The molecule has 1 aliphatic heterocycles. The molecule has 8 heteroatoms. The third-order valence-corrected chi connectivity index (χ3v) is 5.57. The molecular weight excluding hydrogens is 463 g/mol. The maximum Gasteiger partial charge on any atom is 0.255 e. The van der Waals surface area contributed by atoms with E-state index in [0.717, 1.165) is 9.99 Å². The van der Waals surface area contributed by atoms with E-state index in [0.29, 0.717) is 56.1 Å². The highest BCUT2D eigenvalue weighted by atomic mass is 127. The van der Waals surface area contributed by atoms with Crippen molar-refractivity contribution in [3.8, 4) is 11.5 Å². The predicted octanol–water partition coefficient (Wildman–Crippen LogP) is 2.31. The number of methoxy groups -OCH3 is 3. The van der Waals surface area contributed by atoms with Crippen LogP contribution in [-0.4, -0.2) is 64.3 Å². The molecule has 2 rings (SSSR count). The van der Waals surface area contributed by atoms with Gasteiger partial charge in [0, 0.05) is 42.8 Å². The Morgan fingerprint density at radius 3 is 2.37 bits per heavy atom. The number of halogens is 1. The Hall–Kier alpha value is -1.55. The molecule has 1 N–H and O–H groups in total. The first kappa shape index (κ1) is 21.7. The molecule has 0 aromatic heterocycles. The number of carbonyl (C=O) groups excluding carboxylic acids is 2. The number of rotatable bonds is 8. The number of nitrogens with one attached hydrogen (secondary N) is 1. The molecular formula is C19H27IN2O5. The van der Waals surface area contributed by atoms with Crippen molar-refractivity contribution >= 4 is 34.4 Å². The first-order chi connectivity index (χ1) is 13.0. The largest absolute Gasteiger partial charge is 0.493 e. The van der Waals surface area contributed by atoms with Gasteiger partial charge in [-0.2, -0.15) is 0 Å². The summed E-state index contributed by atoms with van der Waals surface area (Å²) in [6.45, 7) is 2.39. The Bertz CT molecular complexity index is 660. The number of nitrogens with zero attached hydrogens (tertiary/aromatic N) is 1. The third-order valence-electron chi connectivity index (χ3n) is 4.68. The van der Waals surface area contributed by atoms with Crippen LogP contribution in [0.1, 0.15) is 29.6 Å². The van der Waals surface area contributed by atoms with Crippen LogP contribution in [-0.2, 0) is 9.53 Å². The van der Waals surface area contributed by atoms with Crippen molar-refractivity contribution in [3.63, 3.8) is 0 Å². The minimum atomic E-state index is -0.0423. The lowest BCUT2D eigenvalue weighted by molar-refractivity contribution is -0.126. The molecule has 0 bridgehead atoms. The number of likely N-dealkylation sites (tertiary alicyclic amines) is 1. The van der Waals surface area contributed by atoms with Crippen LogP contribution in [0.4, 0.5) is 0 Å². The minimum absolute atomic E-state index is 0.0407. The monoisotopic (exact) mass is 490 g/mol. The van der Waals surface area contributed by atoms with Gasteiger partial charge < -0.3 is 24.4 Å². The number of benzene rings is 1. The quantitative estimate of drug-likeness (QED) is 0.447. The molecule has 1 aromatic carbocycles. The second-order valence-corrected chi connectivity index (χ2v) is 7.55. The first-order valence-corrected chi connectivity index (χ1v) is 10.1. The van der Waals surface area contributed by atoms with Crippen molar-refractivity contribution < 1.29 is 23.8 Å². The Balaban J connectivity index is 1.94. The van der Waals surface area contributed by atoms with Gasteiger partial charge in [-0.1, -0.05) is 0 Å². The zero-order valence-corrected chi connectivity index (χ0v) is 18.2. The summed E-state index contributed by atoms with van der Waals surface area (Å²) in [5, 5.41) is 2.95. The Morgan fingerprint density at radius 2 is 1.78 bits per heavy atom. The summed E-state index contributed by atoms with van der Waals surface area (Å²) < 4.78 is 16.4. The summed E-state index contributed by atoms with van der Waals surface area (Å²) in [7, 11) is 4.77. The summed E-state index contributed by atoms with van der Waals surface area (Å²) >= 11 is 2.13. The van der Waals surface area contributed by atoms with Gasteiger partial charge in [0.25, 0.3) is 5.91 Å². The van der Waals surface area contributed by atoms with Crippen LogP contribution in [0.25, 0.3) is 0 Å². The van der Waals surface area contributed by atoms with Gasteiger partial charge in [0.1, 0.15) is 0 Å². The van der Waals surface area contributed by atoms with Gasteiger partial charge >= 0.3 is 0 Å². The van der Waals surface area contributed by atoms with Crippen LogP contribution >= 0.6 is 22.6 Å². The van der Waals surface area contributed by atoms with E-state index in [9.17, 15) is 9.59 Å². The minimum Gasteiger partial charge on any atom is -0.493 e. The van der Waals surface area contributed by atoms with Gasteiger partial charge in [-0.05, 0) is 54.0 Å². The molecule has 1 aromatic rings. The summed E-state index contributed by atoms with van der Waals surface area (Å²) in [5.74, 6) is 1.12. The van der Waals surface area contributed by atoms with Crippen LogP contribution in [0.5, 0.6) is 11.5 Å². The molecule has 1 fully saturated rings. The number of ether oxygens (including phenoxy) is 3. The molecule has 0 atom stereocenters. The molecule has 0 saturated carbocycles. The Kier molecular flexibility index (Phi) is 8.62. The highest BCUT2D eigenvalue weighted by molar-refractivity contribution is 14.1. The molecule has 0 aliphatic carbocycles. The highest BCUT2D eigenvalue weighted by Gasteiger charge is 2.29. The zero-order valence-electron chi connectivity index (χ0n) is 16.0. The van der Waals surface area contributed by atoms with Crippen LogP contribution in [0, 0.1) is 9.49 Å². The fourth-order valence-electron chi connectivity index (χ4n) is 3.11. The van der Waals surface area contributed by atoms with Gasteiger partial charge in [0.2, 0.25) is 5.91 Å². The van der Waals surface area contributed by atoms with Crippen LogP contribution in [0.15, 0.2) is 12.1 Å². The lowest BCUT2D eigenvalue weighted by atomic mass is 9.95. The number of hydrogen-bond acceptors (Lipinski definition) is 5. The second kappa shape index (κ2) is 10.7. The molecule has 1 saturated heterocycles. The van der Waals surface area contributed by atoms with E-state index >= 15 is 0 Å². The lowest BCUT2D eigenvalue weighted by Crippen LogP contribution is -2.43. The van der Waals surface area contributed by atoms with Gasteiger partial charge in [-0.3, -0.25) is 9.59 Å². The van der Waals surface area contributed by atoms with Crippen molar-refractivity contribution in [3.05, 3.63) is 21.3 Å².